The van der Waals surface area contributed by atoms with E-state index < -0.39 is 0 Å². The molecule has 4 rings (SSSR count). The summed E-state index contributed by atoms with van der Waals surface area (Å²) in [5, 5.41) is 2.05. The van der Waals surface area contributed by atoms with Crippen molar-refractivity contribution in [2.45, 2.75) is 0 Å². The lowest BCUT2D eigenvalue weighted by molar-refractivity contribution is 0.560. The normalized spacial score (nSPS) is 10.6. The predicted molar refractivity (Wildman–Crippen MR) is 71.0 cm³/mol. The molecule has 0 aliphatic heterocycles. The van der Waals surface area contributed by atoms with Gasteiger partial charge in [0.1, 0.15) is 17.8 Å². The van der Waals surface area contributed by atoms with Crippen LogP contribution in [0.4, 0.5) is 4.39 Å². The van der Waals surface area contributed by atoms with Crippen LogP contribution < -0.4 is 0 Å². The molecule has 19 heavy (non-hydrogen) atoms. The van der Waals surface area contributed by atoms with Gasteiger partial charge < -0.3 is 4.42 Å². The number of hydrogen-bond acceptors (Lipinski definition) is 2. The largest absolute Gasteiger partial charge is 0.436 e. The Morgan fingerprint density at radius 2 is 1.84 bits per heavy atom. The minimum atomic E-state index is -0.0579. The lowest BCUT2D eigenvalue weighted by atomic mass is 10.1. The van der Waals surface area contributed by atoms with Crippen LogP contribution in [0, 0.1) is 16.3 Å². The van der Waals surface area contributed by atoms with Crippen molar-refractivity contribution in [3.05, 3.63) is 76.4 Å². The van der Waals surface area contributed by atoms with Crippen molar-refractivity contribution >= 4 is 11.6 Å². The highest BCUT2D eigenvalue weighted by Gasteiger charge is 2.02. The van der Waals surface area contributed by atoms with E-state index in [2.05, 4.69) is 4.98 Å². The molecular weight excluding hydrogens is 265 g/mol. The molecule has 0 fully saturated rings. The molecule has 0 saturated carbocycles. The Hall–Kier alpha value is -2.13. The highest BCUT2D eigenvalue weighted by atomic mass is 35.5. The van der Waals surface area contributed by atoms with E-state index >= 15 is 0 Å². The first-order chi connectivity index (χ1) is 9.24. The van der Waals surface area contributed by atoms with Gasteiger partial charge in [-0.2, -0.15) is 4.98 Å². The summed E-state index contributed by atoms with van der Waals surface area (Å²) in [7, 11) is 0. The Kier molecular flexibility index (Phi) is 3.05. The summed E-state index contributed by atoms with van der Waals surface area (Å²) in [6.45, 7) is 0. The second kappa shape index (κ2) is 4.86. The topological polar surface area (TPSA) is 26.0 Å². The fraction of sp³-hybridized carbons (Fsp3) is 0. The number of aromatic nitrogens is 1. The van der Waals surface area contributed by atoms with E-state index in [0.29, 0.717) is 0 Å². The van der Waals surface area contributed by atoms with E-state index in [0.717, 1.165) is 21.7 Å². The molecule has 2 aliphatic rings. The Balaban J connectivity index is 0.000000132. The van der Waals surface area contributed by atoms with Gasteiger partial charge in [0.15, 0.2) is 0 Å². The lowest BCUT2D eigenvalue weighted by Gasteiger charge is -2.00. The van der Waals surface area contributed by atoms with Crippen LogP contribution >= 0.6 is 11.6 Å². The van der Waals surface area contributed by atoms with E-state index in [4.69, 9.17) is 16.0 Å². The molecule has 94 valence electrons. The number of rotatable bonds is 1. The zero-order valence-electron chi connectivity index (χ0n) is 9.81. The molecule has 1 aromatic heterocycles. The summed E-state index contributed by atoms with van der Waals surface area (Å²) >= 11 is 5.53. The highest BCUT2D eigenvalue weighted by molar-refractivity contribution is 6.27. The van der Waals surface area contributed by atoms with E-state index in [1.165, 1.54) is 12.3 Å². The van der Waals surface area contributed by atoms with Crippen molar-refractivity contribution in [3.8, 4) is 11.3 Å². The zero-order chi connectivity index (χ0) is 13.2. The third kappa shape index (κ3) is 2.37. The van der Waals surface area contributed by atoms with Crippen molar-refractivity contribution in [2.24, 2.45) is 0 Å². The van der Waals surface area contributed by atoms with Crippen molar-refractivity contribution in [1.82, 2.24) is 4.98 Å². The molecule has 1 heterocycles. The Bertz CT molecular complexity index is 799. The predicted octanol–water partition coefficient (Wildman–Crippen LogP) is 4.42. The smallest absolute Gasteiger partial charge is 0.292 e. The van der Waals surface area contributed by atoms with Gasteiger partial charge in [-0.3, -0.25) is 0 Å². The average molecular weight is 274 g/mol. The third-order valence-electron chi connectivity index (χ3n) is 2.83. The second-order valence-electron chi connectivity index (χ2n) is 4.05. The van der Waals surface area contributed by atoms with Crippen LogP contribution in [0.2, 0.25) is 5.35 Å². The Morgan fingerprint density at radius 3 is 2.21 bits per heavy atom. The van der Waals surface area contributed by atoms with Gasteiger partial charge in [-0.05, 0) is 22.9 Å². The molecule has 2 aromatic rings. The van der Waals surface area contributed by atoms with Crippen LogP contribution in [-0.4, -0.2) is 4.98 Å². The van der Waals surface area contributed by atoms with Crippen LogP contribution in [0.5, 0.6) is 0 Å². The fourth-order valence-electron chi connectivity index (χ4n) is 1.74. The van der Waals surface area contributed by atoms with Gasteiger partial charge in [-0.15, -0.1) is 0 Å². The maximum atomic E-state index is 12.0. The maximum absolute atomic E-state index is 12.0. The summed E-state index contributed by atoms with van der Waals surface area (Å²) in [4.78, 5) is 3.98. The zero-order valence-corrected chi connectivity index (χ0v) is 10.6. The first-order valence-corrected chi connectivity index (χ1v) is 6.08. The first kappa shape index (κ1) is 11.9. The van der Waals surface area contributed by atoms with Gasteiger partial charge >= 0.3 is 0 Å². The summed E-state index contributed by atoms with van der Waals surface area (Å²) in [6.07, 6.45) is 1.54. The third-order valence-corrected chi connectivity index (χ3v) is 3.00. The summed E-state index contributed by atoms with van der Waals surface area (Å²) in [5.74, 6) is -0.0579. The summed E-state index contributed by atoms with van der Waals surface area (Å²) in [5.41, 5.74) is 1.77. The molecule has 0 saturated heterocycles. The van der Waals surface area contributed by atoms with Gasteiger partial charge in [-0.1, -0.05) is 42.5 Å². The van der Waals surface area contributed by atoms with Gasteiger partial charge in [-0.25, -0.2) is 4.39 Å². The average Bonchev–Trinajstić information content (AvgIpc) is 2.84. The number of nitrogens with zero attached hydrogens (tertiary/aromatic N) is 1. The van der Waals surface area contributed by atoms with Crippen LogP contribution in [0.25, 0.3) is 11.3 Å². The second-order valence-corrected chi connectivity index (χ2v) is 4.37. The van der Waals surface area contributed by atoms with Gasteiger partial charge in [0, 0.05) is 10.8 Å². The molecule has 1 aromatic carbocycles. The molecule has 0 N–H and O–H groups in total. The van der Waals surface area contributed by atoms with E-state index in [9.17, 15) is 4.39 Å². The van der Waals surface area contributed by atoms with Crippen molar-refractivity contribution in [1.29, 1.82) is 0 Å². The number of benzene rings is 2. The molecule has 0 atom stereocenters. The highest BCUT2D eigenvalue weighted by Crippen LogP contribution is 2.19. The van der Waals surface area contributed by atoms with E-state index in [1.807, 2.05) is 36.4 Å². The van der Waals surface area contributed by atoms with Crippen molar-refractivity contribution < 1.29 is 8.81 Å². The molecule has 0 radical (unpaired) electrons. The molecule has 2 aliphatic carbocycles. The number of hydrogen-bond donors (Lipinski definition) is 0. The van der Waals surface area contributed by atoms with Crippen LogP contribution in [-0.2, 0) is 0 Å². The number of halogens is 2. The SMILES string of the molecule is Clc1nc(-c2ccccc2)co1.Fc1cc2ccc1=2. The fourth-order valence-corrected chi connectivity index (χ4v) is 1.87. The summed E-state index contributed by atoms with van der Waals surface area (Å²) < 4.78 is 16.8. The van der Waals surface area contributed by atoms with Crippen molar-refractivity contribution in [3.63, 3.8) is 0 Å². The standard InChI is InChI=1S/C9H6ClNO.C6H3F/c10-9-11-8(6-12-9)7-4-2-1-3-5-7;7-6-3-4-1-2-5(4)6/h1-6H;1-3H. The monoisotopic (exact) mass is 273 g/mol. The lowest BCUT2D eigenvalue weighted by Crippen LogP contribution is -1.90. The molecular formula is C15H9ClFNO. The first-order valence-electron chi connectivity index (χ1n) is 5.70. The summed E-state index contributed by atoms with van der Waals surface area (Å²) in [6, 6.07) is 15.0. The van der Waals surface area contributed by atoms with Gasteiger partial charge in [0.25, 0.3) is 5.35 Å². The van der Waals surface area contributed by atoms with Crippen LogP contribution in [0.15, 0.2) is 59.2 Å². The molecule has 2 nitrogen and oxygen atoms in total. The Labute approximate surface area is 113 Å². The molecule has 0 bridgehead atoms. The molecule has 0 amide bonds. The maximum Gasteiger partial charge on any atom is 0.292 e. The van der Waals surface area contributed by atoms with Crippen LogP contribution in [0.1, 0.15) is 0 Å². The molecule has 0 unspecified atom stereocenters. The Morgan fingerprint density at radius 1 is 1.05 bits per heavy atom. The van der Waals surface area contributed by atoms with Crippen molar-refractivity contribution in [2.75, 3.05) is 0 Å². The number of oxazole rings is 1. The van der Waals surface area contributed by atoms with E-state index in [1.54, 1.807) is 6.07 Å². The molecule has 4 heteroatoms. The quantitative estimate of drug-likeness (QED) is 0.513. The minimum Gasteiger partial charge on any atom is -0.436 e. The van der Waals surface area contributed by atoms with Gasteiger partial charge in [0.05, 0.1) is 0 Å². The van der Waals surface area contributed by atoms with E-state index in [-0.39, 0.29) is 11.2 Å². The van der Waals surface area contributed by atoms with Gasteiger partial charge in [0.2, 0.25) is 0 Å². The minimum absolute atomic E-state index is 0.0579. The van der Waals surface area contributed by atoms with Crippen LogP contribution in [0.3, 0.4) is 0 Å². The molecule has 0 spiro atoms.